The number of ether oxygens (including phenoxy) is 1. The minimum Gasteiger partial charge on any atom is -0.469 e. The van der Waals surface area contributed by atoms with E-state index in [4.69, 9.17) is 0 Å². The van der Waals surface area contributed by atoms with Gasteiger partial charge in [-0.1, -0.05) is 6.07 Å². The van der Waals surface area contributed by atoms with Gasteiger partial charge in [-0.3, -0.25) is 19.6 Å². The van der Waals surface area contributed by atoms with Crippen LogP contribution in [-0.4, -0.2) is 32.2 Å². The third-order valence-electron chi connectivity index (χ3n) is 2.47. The van der Waals surface area contributed by atoms with Crippen LogP contribution in [0.4, 0.5) is 15.8 Å². The molecule has 0 unspecified atom stereocenters. The number of nitro benzene ring substituents is 1. The Balaban J connectivity index is 2.85. The number of carbonyl (C=O) groups is 1. The maximum Gasteiger partial charge on any atom is 0.305 e. The summed E-state index contributed by atoms with van der Waals surface area (Å²) in [6.45, 7) is 0. The summed E-state index contributed by atoms with van der Waals surface area (Å²) in [7, 11) is -2.85. The van der Waals surface area contributed by atoms with Crippen molar-refractivity contribution in [1.82, 2.24) is 0 Å². The molecule has 0 saturated heterocycles. The highest BCUT2D eigenvalue weighted by Crippen LogP contribution is 2.28. The summed E-state index contributed by atoms with van der Waals surface area (Å²) in [5.74, 6) is -2.13. The zero-order valence-corrected chi connectivity index (χ0v) is 11.9. The summed E-state index contributed by atoms with van der Waals surface area (Å²) in [6.07, 6.45) is -0.180. The Labute approximate surface area is 120 Å². The number of nitrogens with zero attached hydrogens (tertiary/aromatic N) is 1. The molecule has 0 aliphatic heterocycles. The Morgan fingerprint density at radius 3 is 2.71 bits per heavy atom. The standard InChI is InChI=1S/C11H13FN2O6S/c1-20-10(15)6-3-7-21(18,19)13-11-8(12)4-2-5-9(11)14(16)17/h2,4-5,13H,3,6-7H2,1H3. The zero-order valence-electron chi connectivity index (χ0n) is 11.0. The number of hydrogen-bond acceptors (Lipinski definition) is 6. The molecule has 0 amide bonds. The van der Waals surface area contributed by atoms with E-state index in [-0.39, 0.29) is 12.8 Å². The molecular formula is C11H13FN2O6S. The lowest BCUT2D eigenvalue weighted by Gasteiger charge is -2.09. The molecule has 1 N–H and O–H groups in total. The van der Waals surface area contributed by atoms with Crippen LogP contribution in [0.25, 0.3) is 0 Å². The van der Waals surface area contributed by atoms with Crippen LogP contribution in [0, 0.1) is 15.9 Å². The van der Waals surface area contributed by atoms with Crippen LogP contribution < -0.4 is 4.72 Å². The minimum atomic E-state index is -4.02. The van der Waals surface area contributed by atoms with Gasteiger partial charge in [0.05, 0.1) is 17.8 Å². The number of anilines is 1. The first-order valence-corrected chi connectivity index (χ1v) is 7.42. The van der Waals surface area contributed by atoms with E-state index in [1.54, 1.807) is 0 Å². The molecule has 0 heterocycles. The molecule has 0 radical (unpaired) electrons. The molecule has 0 saturated carbocycles. The van der Waals surface area contributed by atoms with Crippen molar-refractivity contribution in [2.45, 2.75) is 12.8 Å². The van der Waals surface area contributed by atoms with Gasteiger partial charge in [-0.2, -0.15) is 0 Å². The molecule has 0 atom stereocenters. The van der Waals surface area contributed by atoms with Crippen molar-refractivity contribution in [3.63, 3.8) is 0 Å². The van der Waals surface area contributed by atoms with E-state index in [1.165, 1.54) is 0 Å². The van der Waals surface area contributed by atoms with Crippen molar-refractivity contribution in [2.75, 3.05) is 17.6 Å². The maximum absolute atomic E-state index is 13.5. The van der Waals surface area contributed by atoms with Crippen LogP contribution >= 0.6 is 0 Å². The molecule has 0 aromatic heterocycles. The fourth-order valence-corrected chi connectivity index (χ4v) is 2.62. The van der Waals surface area contributed by atoms with Gasteiger partial charge in [0.2, 0.25) is 10.0 Å². The molecular weight excluding hydrogens is 307 g/mol. The van der Waals surface area contributed by atoms with Crippen molar-refractivity contribution in [3.8, 4) is 0 Å². The molecule has 0 aliphatic carbocycles. The number of rotatable bonds is 7. The third-order valence-corrected chi connectivity index (χ3v) is 3.81. The lowest BCUT2D eigenvalue weighted by molar-refractivity contribution is -0.384. The van der Waals surface area contributed by atoms with Crippen LogP contribution in [0.2, 0.25) is 0 Å². The van der Waals surface area contributed by atoms with Crippen LogP contribution in [0.3, 0.4) is 0 Å². The Morgan fingerprint density at radius 2 is 2.14 bits per heavy atom. The molecule has 0 aliphatic rings. The van der Waals surface area contributed by atoms with Crippen LogP contribution in [0.15, 0.2) is 18.2 Å². The van der Waals surface area contributed by atoms with E-state index in [1.807, 2.05) is 4.72 Å². The fraction of sp³-hybridized carbons (Fsp3) is 0.364. The summed E-state index contributed by atoms with van der Waals surface area (Å²) < 4.78 is 43.2. The number of esters is 1. The monoisotopic (exact) mass is 320 g/mol. The topological polar surface area (TPSA) is 116 Å². The first-order valence-electron chi connectivity index (χ1n) is 5.77. The Kier molecular flexibility index (Phi) is 5.59. The van der Waals surface area contributed by atoms with Crippen molar-refractivity contribution in [3.05, 3.63) is 34.1 Å². The molecule has 1 aromatic carbocycles. The van der Waals surface area contributed by atoms with Crippen molar-refractivity contribution < 1.29 is 27.3 Å². The SMILES string of the molecule is COC(=O)CCCS(=O)(=O)Nc1c(F)cccc1[N+](=O)[O-]. The molecule has 116 valence electrons. The molecule has 1 aromatic rings. The smallest absolute Gasteiger partial charge is 0.305 e. The quantitative estimate of drug-likeness (QED) is 0.461. The van der Waals surface area contributed by atoms with Gasteiger partial charge in [0.25, 0.3) is 5.69 Å². The number of hydrogen-bond donors (Lipinski definition) is 1. The predicted octanol–water partition coefficient (Wildman–Crippen LogP) is 1.43. The van der Waals surface area contributed by atoms with E-state index < -0.39 is 43.9 Å². The number of para-hydroxylation sites is 1. The number of nitro groups is 1. The van der Waals surface area contributed by atoms with Crippen molar-refractivity contribution >= 4 is 27.4 Å². The first-order chi connectivity index (χ1) is 9.76. The third kappa shape index (κ3) is 4.99. The normalized spacial score (nSPS) is 11.0. The molecule has 0 spiro atoms. The number of methoxy groups -OCH3 is 1. The Bertz CT molecular complexity index is 646. The number of sulfonamides is 1. The number of nitrogens with one attached hydrogen (secondary N) is 1. The average Bonchev–Trinajstić information content (AvgIpc) is 2.40. The molecule has 1 rings (SSSR count). The summed E-state index contributed by atoms with van der Waals surface area (Å²) in [4.78, 5) is 20.7. The van der Waals surface area contributed by atoms with Crippen LogP contribution in [0.1, 0.15) is 12.8 Å². The van der Waals surface area contributed by atoms with Gasteiger partial charge in [-0.05, 0) is 12.5 Å². The maximum atomic E-state index is 13.5. The average molecular weight is 320 g/mol. The van der Waals surface area contributed by atoms with Gasteiger partial charge in [0.15, 0.2) is 11.5 Å². The van der Waals surface area contributed by atoms with Crippen LogP contribution in [-0.2, 0) is 19.6 Å². The molecule has 10 heteroatoms. The van der Waals surface area contributed by atoms with Crippen molar-refractivity contribution in [2.24, 2.45) is 0 Å². The second-order valence-corrected chi connectivity index (χ2v) is 5.83. The van der Waals surface area contributed by atoms with E-state index in [0.29, 0.717) is 0 Å². The Hall–Kier alpha value is -2.23. The van der Waals surface area contributed by atoms with Crippen LogP contribution in [0.5, 0.6) is 0 Å². The van der Waals surface area contributed by atoms with E-state index >= 15 is 0 Å². The molecule has 0 bridgehead atoms. The van der Waals surface area contributed by atoms with Crippen molar-refractivity contribution in [1.29, 1.82) is 0 Å². The minimum absolute atomic E-state index is 0.0513. The second-order valence-electron chi connectivity index (χ2n) is 3.99. The molecule has 8 nitrogen and oxygen atoms in total. The van der Waals surface area contributed by atoms with E-state index in [9.17, 15) is 27.7 Å². The highest BCUT2D eigenvalue weighted by Gasteiger charge is 2.22. The van der Waals surface area contributed by atoms with E-state index in [0.717, 1.165) is 25.3 Å². The van der Waals surface area contributed by atoms with Gasteiger partial charge < -0.3 is 4.74 Å². The summed E-state index contributed by atoms with van der Waals surface area (Å²) in [5, 5.41) is 10.7. The lowest BCUT2D eigenvalue weighted by atomic mass is 10.2. The fourth-order valence-electron chi connectivity index (χ4n) is 1.48. The van der Waals surface area contributed by atoms with Gasteiger partial charge in [-0.15, -0.1) is 0 Å². The first kappa shape index (κ1) is 16.8. The summed E-state index contributed by atoms with van der Waals surface area (Å²) in [5.41, 5.74) is -1.41. The lowest BCUT2D eigenvalue weighted by Crippen LogP contribution is -2.19. The van der Waals surface area contributed by atoms with Gasteiger partial charge in [0.1, 0.15) is 0 Å². The number of halogens is 1. The number of benzene rings is 1. The largest absolute Gasteiger partial charge is 0.469 e. The van der Waals surface area contributed by atoms with E-state index in [2.05, 4.69) is 4.74 Å². The second kappa shape index (κ2) is 6.97. The van der Waals surface area contributed by atoms with Gasteiger partial charge in [-0.25, -0.2) is 12.8 Å². The molecule has 21 heavy (non-hydrogen) atoms. The highest BCUT2D eigenvalue weighted by molar-refractivity contribution is 7.92. The summed E-state index contributed by atoms with van der Waals surface area (Å²) in [6, 6.07) is 2.98. The van der Waals surface area contributed by atoms with Gasteiger partial charge in [0, 0.05) is 12.5 Å². The predicted molar refractivity (Wildman–Crippen MR) is 71.7 cm³/mol. The number of carbonyl (C=O) groups excluding carboxylic acids is 1. The highest BCUT2D eigenvalue weighted by atomic mass is 32.2. The molecule has 0 fully saturated rings. The zero-order chi connectivity index (χ0) is 16.0. The summed E-state index contributed by atoms with van der Waals surface area (Å²) >= 11 is 0. The van der Waals surface area contributed by atoms with Gasteiger partial charge >= 0.3 is 5.97 Å². The Morgan fingerprint density at radius 1 is 1.48 bits per heavy atom.